The van der Waals surface area contributed by atoms with Crippen molar-refractivity contribution in [2.45, 2.75) is 13.0 Å². The SMILES string of the molecule is O=C(Cc1cccc2ccccc12)N(Cc1ccccc1)c1nc2ccccc2s1. The number of hydrogen-bond acceptors (Lipinski definition) is 3. The Labute approximate surface area is 179 Å². The molecule has 1 heterocycles. The van der Waals surface area contributed by atoms with Gasteiger partial charge in [-0.1, -0.05) is 96.3 Å². The molecule has 5 rings (SSSR count). The first-order chi connectivity index (χ1) is 14.8. The van der Waals surface area contributed by atoms with Gasteiger partial charge in [-0.2, -0.15) is 0 Å². The van der Waals surface area contributed by atoms with Crippen LogP contribution in [0.2, 0.25) is 0 Å². The number of nitrogens with zero attached hydrogens (tertiary/aromatic N) is 2. The number of hydrogen-bond donors (Lipinski definition) is 0. The predicted molar refractivity (Wildman–Crippen MR) is 125 cm³/mol. The fourth-order valence-corrected chi connectivity index (χ4v) is 4.69. The van der Waals surface area contributed by atoms with E-state index >= 15 is 0 Å². The quantitative estimate of drug-likeness (QED) is 0.346. The number of para-hydroxylation sites is 1. The molecule has 30 heavy (non-hydrogen) atoms. The van der Waals surface area contributed by atoms with Crippen molar-refractivity contribution in [3.63, 3.8) is 0 Å². The van der Waals surface area contributed by atoms with E-state index in [0.717, 1.165) is 37.2 Å². The summed E-state index contributed by atoms with van der Waals surface area (Å²) in [6.45, 7) is 0.504. The molecule has 0 fully saturated rings. The number of carbonyl (C=O) groups is 1. The molecule has 0 bridgehead atoms. The second kappa shape index (κ2) is 8.09. The molecule has 0 unspecified atom stereocenters. The van der Waals surface area contributed by atoms with Gasteiger partial charge in [-0.05, 0) is 34.0 Å². The maximum atomic E-state index is 13.5. The molecule has 0 saturated carbocycles. The van der Waals surface area contributed by atoms with Gasteiger partial charge < -0.3 is 0 Å². The van der Waals surface area contributed by atoms with Crippen molar-refractivity contribution in [1.29, 1.82) is 0 Å². The number of benzene rings is 4. The number of thiazole rings is 1. The molecule has 1 amide bonds. The molecule has 5 aromatic rings. The number of aromatic nitrogens is 1. The van der Waals surface area contributed by atoms with E-state index in [0.29, 0.717) is 13.0 Å². The van der Waals surface area contributed by atoms with Crippen molar-refractivity contribution in [2.75, 3.05) is 4.90 Å². The Bertz CT molecular complexity index is 1290. The Kier molecular flexibility index (Phi) is 4.99. The van der Waals surface area contributed by atoms with E-state index in [9.17, 15) is 4.79 Å². The van der Waals surface area contributed by atoms with Gasteiger partial charge in [-0.15, -0.1) is 0 Å². The summed E-state index contributed by atoms with van der Waals surface area (Å²) in [4.78, 5) is 20.1. The second-order valence-corrected chi connectivity index (χ2v) is 8.25. The average molecular weight is 409 g/mol. The standard InChI is InChI=1S/C26H20N2OS/c29-25(17-21-13-8-12-20-11-4-5-14-22(20)21)28(18-19-9-2-1-3-10-19)26-27-23-15-6-7-16-24(23)30-26/h1-16H,17-18H2. The zero-order chi connectivity index (χ0) is 20.3. The molecule has 0 atom stereocenters. The third-order valence-corrected chi connectivity index (χ3v) is 6.28. The smallest absolute Gasteiger partial charge is 0.233 e. The summed E-state index contributed by atoms with van der Waals surface area (Å²) in [6.07, 6.45) is 0.337. The lowest BCUT2D eigenvalue weighted by Crippen LogP contribution is -2.31. The van der Waals surface area contributed by atoms with E-state index in [1.807, 2.05) is 83.8 Å². The summed E-state index contributed by atoms with van der Waals surface area (Å²) >= 11 is 1.56. The Morgan fingerprint density at radius 2 is 1.53 bits per heavy atom. The Morgan fingerprint density at radius 3 is 2.40 bits per heavy atom. The van der Waals surface area contributed by atoms with Crippen LogP contribution in [-0.2, 0) is 17.8 Å². The number of amides is 1. The third-order valence-electron chi connectivity index (χ3n) is 5.22. The van der Waals surface area contributed by atoms with Gasteiger partial charge >= 0.3 is 0 Å². The van der Waals surface area contributed by atoms with E-state index in [-0.39, 0.29) is 5.91 Å². The highest BCUT2D eigenvalue weighted by Gasteiger charge is 2.21. The molecule has 0 aliphatic rings. The van der Waals surface area contributed by atoms with Crippen LogP contribution in [0, 0.1) is 0 Å². The molecular formula is C26H20N2OS. The van der Waals surface area contributed by atoms with Crippen LogP contribution >= 0.6 is 11.3 Å². The van der Waals surface area contributed by atoms with E-state index in [2.05, 4.69) is 18.2 Å². The summed E-state index contributed by atoms with van der Waals surface area (Å²) in [5.74, 6) is 0.0502. The molecule has 0 aliphatic heterocycles. The Hall–Kier alpha value is -3.50. The highest BCUT2D eigenvalue weighted by molar-refractivity contribution is 7.22. The molecule has 4 heteroatoms. The fraction of sp³-hybridized carbons (Fsp3) is 0.0769. The van der Waals surface area contributed by atoms with Gasteiger partial charge in [0.15, 0.2) is 5.13 Å². The van der Waals surface area contributed by atoms with Crippen molar-refractivity contribution in [2.24, 2.45) is 0 Å². The molecule has 0 aliphatic carbocycles. The molecule has 3 nitrogen and oxygen atoms in total. The number of fused-ring (bicyclic) bond motifs is 2. The predicted octanol–water partition coefficient (Wildman–Crippen LogP) is 6.23. The maximum absolute atomic E-state index is 13.5. The van der Waals surface area contributed by atoms with Gasteiger partial charge in [0.1, 0.15) is 0 Å². The molecule has 146 valence electrons. The van der Waals surface area contributed by atoms with E-state index < -0.39 is 0 Å². The van der Waals surface area contributed by atoms with Crippen LogP contribution in [0.5, 0.6) is 0 Å². The second-order valence-electron chi connectivity index (χ2n) is 7.24. The van der Waals surface area contributed by atoms with Crippen LogP contribution in [-0.4, -0.2) is 10.9 Å². The van der Waals surface area contributed by atoms with Crippen LogP contribution in [0.4, 0.5) is 5.13 Å². The largest absolute Gasteiger partial charge is 0.283 e. The van der Waals surface area contributed by atoms with Gasteiger partial charge in [0.05, 0.1) is 23.2 Å². The normalized spacial score (nSPS) is 11.1. The van der Waals surface area contributed by atoms with Gasteiger partial charge in [-0.3, -0.25) is 9.69 Å². The molecule has 0 N–H and O–H groups in total. The molecule has 0 spiro atoms. The third kappa shape index (κ3) is 3.70. The zero-order valence-electron chi connectivity index (χ0n) is 16.4. The van der Waals surface area contributed by atoms with E-state index in [1.54, 1.807) is 11.3 Å². The number of anilines is 1. The van der Waals surface area contributed by atoms with Crippen molar-refractivity contribution >= 4 is 43.4 Å². The monoisotopic (exact) mass is 408 g/mol. The summed E-state index contributed by atoms with van der Waals surface area (Å²) in [5, 5.41) is 3.01. The summed E-state index contributed by atoms with van der Waals surface area (Å²) in [6, 6.07) is 32.5. The first-order valence-corrected chi connectivity index (χ1v) is 10.8. The Morgan fingerprint density at radius 1 is 0.800 bits per heavy atom. The highest BCUT2D eigenvalue weighted by Crippen LogP contribution is 2.30. The van der Waals surface area contributed by atoms with Crippen molar-refractivity contribution in [3.05, 3.63) is 108 Å². The Balaban J connectivity index is 1.52. The minimum absolute atomic E-state index is 0.0502. The topological polar surface area (TPSA) is 33.2 Å². The summed E-state index contributed by atoms with van der Waals surface area (Å²) in [5.41, 5.74) is 3.05. The molecule has 1 aromatic heterocycles. The van der Waals surface area contributed by atoms with Crippen molar-refractivity contribution in [1.82, 2.24) is 4.98 Å². The van der Waals surface area contributed by atoms with Crippen LogP contribution in [0.25, 0.3) is 21.0 Å². The van der Waals surface area contributed by atoms with Crippen LogP contribution in [0.3, 0.4) is 0 Å². The van der Waals surface area contributed by atoms with Gasteiger partial charge in [0.2, 0.25) is 5.91 Å². The summed E-state index contributed by atoms with van der Waals surface area (Å²) in [7, 11) is 0. The lowest BCUT2D eigenvalue weighted by molar-refractivity contribution is -0.118. The van der Waals surface area contributed by atoms with Gasteiger partial charge in [0, 0.05) is 0 Å². The lowest BCUT2D eigenvalue weighted by atomic mass is 10.0. The molecular weight excluding hydrogens is 388 g/mol. The van der Waals surface area contributed by atoms with Crippen molar-refractivity contribution < 1.29 is 4.79 Å². The summed E-state index contributed by atoms with van der Waals surface area (Å²) < 4.78 is 1.09. The first-order valence-electron chi connectivity index (χ1n) is 9.94. The van der Waals surface area contributed by atoms with Crippen LogP contribution < -0.4 is 4.90 Å². The van der Waals surface area contributed by atoms with Gasteiger partial charge in [-0.25, -0.2) is 4.98 Å². The number of rotatable bonds is 5. The lowest BCUT2D eigenvalue weighted by Gasteiger charge is -2.20. The minimum atomic E-state index is 0.0502. The van der Waals surface area contributed by atoms with Gasteiger partial charge in [0.25, 0.3) is 0 Å². The molecule has 0 radical (unpaired) electrons. The minimum Gasteiger partial charge on any atom is -0.283 e. The molecule has 4 aromatic carbocycles. The van der Waals surface area contributed by atoms with Crippen LogP contribution in [0.15, 0.2) is 97.1 Å². The number of carbonyl (C=O) groups excluding carboxylic acids is 1. The first kappa shape index (κ1) is 18.5. The zero-order valence-corrected chi connectivity index (χ0v) is 17.2. The highest BCUT2D eigenvalue weighted by atomic mass is 32.1. The van der Waals surface area contributed by atoms with Crippen molar-refractivity contribution in [3.8, 4) is 0 Å². The average Bonchev–Trinajstić information content (AvgIpc) is 3.22. The molecule has 0 saturated heterocycles. The van der Waals surface area contributed by atoms with Crippen LogP contribution in [0.1, 0.15) is 11.1 Å². The van der Waals surface area contributed by atoms with E-state index in [1.165, 1.54) is 0 Å². The van der Waals surface area contributed by atoms with E-state index in [4.69, 9.17) is 4.98 Å². The maximum Gasteiger partial charge on any atom is 0.233 e. The fourth-order valence-electron chi connectivity index (χ4n) is 3.71.